The molecule has 7 heteroatoms. The topological polar surface area (TPSA) is 64.0 Å². The first-order valence-corrected chi connectivity index (χ1v) is 9.22. The molecule has 0 fully saturated rings. The molecule has 0 saturated heterocycles. The van der Waals surface area contributed by atoms with Gasteiger partial charge in [-0.3, -0.25) is 0 Å². The Hall–Kier alpha value is -2.51. The molecule has 2 aromatic carbocycles. The summed E-state index contributed by atoms with van der Waals surface area (Å²) < 4.78 is 42.0. The number of hydrogen-bond donors (Lipinski definition) is 1. The minimum Gasteiger partial charge on any atom is -0.238 e. The number of aromatic nitrogens is 2. The van der Waals surface area contributed by atoms with Crippen LogP contribution in [0, 0.1) is 19.7 Å². The summed E-state index contributed by atoms with van der Waals surface area (Å²) in [6, 6.07) is 14.4. The van der Waals surface area contributed by atoms with Gasteiger partial charge >= 0.3 is 0 Å². The van der Waals surface area contributed by atoms with Crippen molar-refractivity contribution in [3.05, 3.63) is 77.4 Å². The van der Waals surface area contributed by atoms with Crippen molar-refractivity contribution in [3.8, 4) is 5.69 Å². The monoisotopic (exact) mass is 359 g/mol. The zero-order valence-corrected chi connectivity index (χ0v) is 14.7. The van der Waals surface area contributed by atoms with Crippen molar-refractivity contribution in [2.45, 2.75) is 25.3 Å². The highest BCUT2D eigenvalue weighted by Crippen LogP contribution is 2.18. The molecule has 0 saturated carbocycles. The van der Waals surface area contributed by atoms with Crippen LogP contribution in [0.1, 0.15) is 17.0 Å². The number of para-hydroxylation sites is 1. The second-order valence-electron chi connectivity index (χ2n) is 5.68. The van der Waals surface area contributed by atoms with Gasteiger partial charge in [0.15, 0.2) is 0 Å². The lowest BCUT2D eigenvalue weighted by molar-refractivity contribution is 0.580. The molecule has 0 aliphatic rings. The molecule has 5 nitrogen and oxygen atoms in total. The summed E-state index contributed by atoms with van der Waals surface area (Å²) in [5, 5.41) is 4.50. The molecule has 25 heavy (non-hydrogen) atoms. The third-order valence-electron chi connectivity index (χ3n) is 4.00. The van der Waals surface area contributed by atoms with Gasteiger partial charge in [-0.15, -0.1) is 0 Å². The number of nitrogens with one attached hydrogen (secondary N) is 1. The van der Waals surface area contributed by atoms with E-state index in [2.05, 4.69) is 9.82 Å². The molecule has 0 bridgehead atoms. The summed E-state index contributed by atoms with van der Waals surface area (Å²) in [5.41, 5.74) is 3.35. The Balaban J connectivity index is 1.84. The van der Waals surface area contributed by atoms with Gasteiger partial charge in [0.25, 0.3) is 0 Å². The van der Waals surface area contributed by atoms with Crippen molar-refractivity contribution in [2.75, 3.05) is 0 Å². The van der Waals surface area contributed by atoms with E-state index in [-0.39, 0.29) is 11.4 Å². The number of halogens is 1. The SMILES string of the molecule is Cc1nn(-c2ccccc2)c(C)c1CNS(=O)(=O)c1ccc(F)cc1. The number of sulfonamides is 1. The van der Waals surface area contributed by atoms with Crippen LogP contribution in [0.25, 0.3) is 5.69 Å². The lowest BCUT2D eigenvalue weighted by Gasteiger charge is -2.08. The van der Waals surface area contributed by atoms with Gasteiger partial charge in [0, 0.05) is 17.8 Å². The first kappa shape index (κ1) is 17.3. The maximum Gasteiger partial charge on any atom is 0.240 e. The highest BCUT2D eigenvalue weighted by molar-refractivity contribution is 7.89. The van der Waals surface area contributed by atoms with Crippen LogP contribution in [-0.4, -0.2) is 18.2 Å². The molecule has 0 aliphatic carbocycles. The van der Waals surface area contributed by atoms with E-state index in [0.717, 1.165) is 34.8 Å². The molecule has 0 amide bonds. The van der Waals surface area contributed by atoms with Crippen LogP contribution < -0.4 is 4.72 Å². The van der Waals surface area contributed by atoms with Crippen LogP contribution in [0.2, 0.25) is 0 Å². The van der Waals surface area contributed by atoms with Gasteiger partial charge < -0.3 is 0 Å². The fourth-order valence-corrected chi connectivity index (χ4v) is 3.61. The van der Waals surface area contributed by atoms with Crippen molar-refractivity contribution in [2.24, 2.45) is 0 Å². The Kier molecular flexibility index (Phi) is 4.69. The average molecular weight is 359 g/mol. The molecule has 1 aromatic heterocycles. The Labute approximate surface area is 146 Å². The average Bonchev–Trinajstić information content (AvgIpc) is 2.88. The van der Waals surface area contributed by atoms with Crippen LogP contribution in [0.15, 0.2) is 59.5 Å². The third kappa shape index (κ3) is 3.62. The van der Waals surface area contributed by atoms with Gasteiger partial charge in [-0.05, 0) is 50.2 Å². The minimum atomic E-state index is -3.72. The lowest BCUT2D eigenvalue weighted by Crippen LogP contribution is -2.23. The highest BCUT2D eigenvalue weighted by atomic mass is 32.2. The first-order chi connectivity index (χ1) is 11.9. The van der Waals surface area contributed by atoms with Crippen molar-refractivity contribution >= 4 is 10.0 Å². The molecule has 0 aliphatic heterocycles. The van der Waals surface area contributed by atoms with Gasteiger partial charge in [-0.2, -0.15) is 5.10 Å². The molecule has 1 N–H and O–H groups in total. The van der Waals surface area contributed by atoms with E-state index in [1.165, 1.54) is 12.1 Å². The normalized spacial score (nSPS) is 11.6. The first-order valence-electron chi connectivity index (χ1n) is 7.74. The minimum absolute atomic E-state index is 0.0275. The lowest BCUT2D eigenvalue weighted by atomic mass is 10.2. The van der Waals surface area contributed by atoms with E-state index in [4.69, 9.17) is 0 Å². The number of rotatable bonds is 5. The smallest absolute Gasteiger partial charge is 0.238 e. The molecule has 0 spiro atoms. The summed E-state index contributed by atoms with van der Waals surface area (Å²) in [6.45, 7) is 3.85. The largest absolute Gasteiger partial charge is 0.240 e. The van der Waals surface area contributed by atoms with Gasteiger partial charge in [0.05, 0.1) is 16.3 Å². The van der Waals surface area contributed by atoms with Crippen LogP contribution in [0.5, 0.6) is 0 Å². The van der Waals surface area contributed by atoms with Crippen LogP contribution in [0.4, 0.5) is 4.39 Å². The zero-order chi connectivity index (χ0) is 18.0. The van der Waals surface area contributed by atoms with Crippen molar-refractivity contribution in [1.29, 1.82) is 0 Å². The number of aryl methyl sites for hydroxylation is 1. The Bertz CT molecular complexity index is 981. The summed E-state index contributed by atoms with van der Waals surface area (Å²) in [6.07, 6.45) is 0. The molecule has 0 atom stereocenters. The molecular weight excluding hydrogens is 341 g/mol. The van der Waals surface area contributed by atoms with E-state index in [1.54, 1.807) is 4.68 Å². The molecule has 0 unspecified atom stereocenters. The predicted octanol–water partition coefficient (Wildman–Crippen LogP) is 3.11. The maximum absolute atomic E-state index is 13.0. The summed E-state index contributed by atoms with van der Waals surface area (Å²) in [5.74, 6) is -0.477. The fourth-order valence-electron chi connectivity index (χ4n) is 2.62. The van der Waals surface area contributed by atoms with Gasteiger partial charge in [0.2, 0.25) is 10.0 Å². The van der Waals surface area contributed by atoms with Crippen molar-refractivity contribution < 1.29 is 12.8 Å². The van der Waals surface area contributed by atoms with E-state index in [1.807, 2.05) is 44.2 Å². The third-order valence-corrected chi connectivity index (χ3v) is 5.42. The number of hydrogen-bond acceptors (Lipinski definition) is 3. The van der Waals surface area contributed by atoms with Gasteiger partial charge in [-0.1, -0.05) is 18.2 Å². The molecular formula is C18H18FN3O2S. The fraction of sp³-hybridized carbons (Fsp3) is 0.167. The molecule has 3 rings (SSSR count). The Morgan fingerprint density at radius 3 is 2.32 bits per heavy atom. The molecule has 1 heterocycles. The number of nitrogens with zero attached hydrogens (tertiary/aromatic N) is 2. The summed E-state index contributed by atoms with van der Waals surface area (Å²) >= 11 is 0. The van der Waals surface area contributed by atoms with Crippen LogP contribution in [0.3, 0.4) is 0 Å². The Morgan fingerprint density at radius 2 is 1.68 bits per heavy atom. The Morgan fingerprint density at radius 1 is 1.04 bits per heavy atom. The van der Waals surface area contributed by atoms with E-state index in [9.17, 15) is 12.8 Å². The van der Waals surface area contributed by atoms with Gasteiger partial charge in [-0.25, -0.2) is 22.2 Å². The van der Waals surface area contributed by atoms with E-state index < -0.39 is 15.8 Å². The highest BCUT2D eigenvalue weighted by Gasteiger charge is 2.18. The second-order valence-corrected chi connectivity index (χ2v) is 7.44. The van der Waals surface area contributed by atoms with Crippen LogP contribution >= 0.6 is 0 Å². The molecule has 130 valence electrons. The quantitative estimate of drug-likeness (QED) is 0.761. The second kappa shape index (κ2) is 6.78. The van der Waals surface area contributed by atoms with Crippen molar-refractivity contribution in [3.63, 3.8) is 0 Å². The predicted molar refractivity (Wildman–Crippen MR) is 93.5 cm³/mol. The van der Waals surface area contributed by atoms with E-state index >= 15 is 0 Å². The van der Waals surface area contributed by atoms with Gasteiger partial charge in [0.1, 0.15) is 5.82 Å². The molecule has 0 radical (unpaired) electrons. The summed E-state index contributed by atoms with van der Waals surface area (Å²) in [7, 11) is -3.72. The summed E-state index contributed by atoms with van der Waals surface area (Å²) in [4.78, 5) is 0.0275. The van der Waals surface area contributed by atoms with E-state index in [0.29, 0.717) is 0 Å². The molecule has 3 aromatic rings. The number of benzene rings is 2. The standard InChI is InChI=1S/C18H18FN3O2S/c1-13-18(14(2)22(21-13)16-6-4-3-5-7-16)12-20-25(23,24)17-10-8-15(19)9-11-17/h3-11,20H,12H2,1-2H3. The van der Waals surface area contributed by atoms with Crippen molar-refractivity contribution in [1.82, 2.24) is 14.5 Å². The van der Waals surface area contributed by atoms with Crippen LogP contribution in [-0.2, 0) is 16.6 Å². The maximum atomic E-state index is 13.0. The zero-order valence-electron chi connectivity index (χ0n) is 13.9.